The van der Waals surface area contributed by atoms with Gasteiger partial charge in [-0.15, -0.1) is 0 Å². The largest absolute Gasteiger partial charge is 0.466 e. The Labute approximate surface area is 123 Å². The van der Waals surface area contributed by atoms with Crippen LogP contribution in [0.5, 0.6) is 0 Å². The summed E-state index contributed by atoms with van der Waals surface area (Å²) in [6, 6.07) is 5.47. The molecule has 0 saturated heterocycles. The van der Waals surface area contributed by atoms with Gasteiger partial charge in [0.1, 0.15) is 5.69 Å². The van der Waals surface area contributed by atoms with Gasteiger partial charge in [0, 0.05) is 12.6 Å². The number of aromatic nitrogens is 3. The minimum absolute atomic E-state index is 0.238. The van der Waals surface area contributed by atoms with E-state index in [2.05, 4.69) is 29.0 Å². The number of carbonyl (C=O) groups is 1. The highest BCUT2D eigenvalue weighted by atomic mass is 16.5. The molecule has 6 nitrogen and oxygen atoms in total. The van der Waals surface area contributed by atoms with E-state index in [1.165, 1.54) is 0 Å². The number of ether oxygens (including phenoxy) is 1. The predicted molar refractivity (Wildman–Crippen MR) is 76.3 cm³/mol. The van der Waals surface area contributed by atoms with Crippen LogP contribution in [0, 0.1) is 5.92 Å². The fraction of sp³-hybridized carbons (Fsp3) is 0.467. The third-order valence-electron chi connectivity index (χ3n) is 2.86. The molecule has 0 radical (unpaired) electrons. The molecule has 0 unspecified atom stereocenters. The van der Waals surface area contributed by atoms with E-state index < -0.39 is 0 Å². The van der Waals surface area contributed by atoms with Gasteiger partial charge in [-0.2, -0.15) is 4.98 Å². The molecule has 0 saturated carbocycles. The number of aryl methyl sites for hydroxylation is 1. The van der Waals surface area contributed by atoms with Crippen molar-refractivity contribution in [3.05, 3.63) is 30.3 Å². The molecule has 0 spiro atoms. The van der Waals surface area contributed by atoms with Crippen molar-refractivity contribution in [2.45, 2.75) is 33.1 Å². The number of rotatable bonds is 7. The van der Waals surface area contributed by atoms with Gasteiger partial charge < -0.3 is 9.26 Å². The smallest absolute Gasteiger partial charge is 0.306 e. The molecule has 0 fully saturated rings. The van der Waals surface area contributed by atoms with Crippen molar-refractivity contribution in [3.8, 4) is 11.5 Å². The lowest BCUT2D eigenvalue weighted by atomic mass is 10.1. The summed E-state index contributed by atoms with van der Waals surface area (Å²) >= 11 is 0. The molecular weight excluding hydrogens is 270 g/mol. The molecule has 2 rings (SSSR count). The zero-order valence-corrected chi connectivity index (χ0v) is 12.3. The normalized spacial score (nSPS) is 10.8. The third kappa shape index (κ3) is 4.98. The van der Waals surface area contributed by atoms with Crippen LogP contribution in [0.15, 0.2) is 28.9 Å². The van der Waals surface area contributed by atoms with Crippen LogP contribution in [0.2, 0.25) is 0 Å². The Bertz CT molecular complexity index is 567. The maximum Gasteiger partial charge on any atom is 0.306 e. The van der Waals surface area contributed by atoms with Gasteiger partial charge in [-0.25, -0.2) is 0 Å². The highest BCUT2D eigenvalue weighted by Gasteiger charge is 2.11. The second-order valence-corrected chi connectivity index (χ2v) is 5.13. The average Bonchev–Trinajstić information content (AvgIpc) is 2.94. The first-order valence-corrected chi connectivity index (χ1v) is 7.04. The van der Waals surface area contributed by atoms with E-state index >= 15 is 0 Å². The van der Waals surface area contributed by atoms with Gasteiger partial charge in [-0.05, 0) is 24.5 Å². The molecule has 0 aliphatic rings. The Balaban J connectivity index is 1.79. The van der Waals surface area contributed by atoms with Gasteiger partial charge in [0.2, 0.25) is 11.7 Å². The molecule has 2 aromatic heterocycles. The quantitative estimate of drug-likeness (QED) is 0.729. The van der Waals surface area contributed by atoms with E-state index in [0.29, 0.717) is 36.4 Å². The van der Waals surface area contributed by atoms with Crippen LogP contribution in [0.1, 0.15) is 32.6 Å². The number of esters is 1. The zero-order chi connectivity index (χ0) is 15.1. The highest BCUT2D eigenvalue weighted by Crippen LogP contribution is 2.12. The number of pyridine rings is 1. The average molecular weight is 289 g/mol. The number of hydrogen-bond acceptors (Lipinski definition) is 6. The van der Waals surface area contributed by atoms with Gasteiger partial charge in [0.05, 0.1) is 13.0 Å². The number of hydrogen-bond donors (Lipinski definition) is 0. The lowest BCUT2D eigenvalue weighted by molar-refractivity contribution is -0.144. The van der Waals surface area contributed by atoms with Crippen molar-refractivity contribution in [3.63, 3.8) is 0 Å². The van der Waals surface area contributed by atoms with E-state index in [1.807, 2.05) is 12.1 Å². The Kier molecular flexibility index (Phi) is 5.43. The standard InChI is InChI=1S/C15H19N3O3/c1-11(2)8-10-20-14(19)7-6-13-17-15(18-21-13)12-5-3-4-9-16-12/h3-5,9,11H,6-8,10H2,1-2H3. The monoisotopic (exact) mass is 289 g/mol. The van der Waals surface area contributed by atoms with Crippen molar-refractivity contribution >= 4 is 5.97 Å². The van der Waals surface area contributed by atoms with Crippen LogP contribution in [0.3, 0.4) is 0 Å². The SMILES string of the molecule is CC(C)CCOC(=O)CCc1nc(-c2ccccn2)no1. The van der Waals surface area contributed by atoms with Gasteiger partial charge >= 0.3 is 5.97 Å². The molecule has 0 aliphatic carbocycles. The Morgan fingerprint density at radius 3 is 2.95 bits per heavy atom. The predicted octanol–water partition coefficient (Wildman–Crippen LogP) is 2.65. The molecule has 0 bridgehead atoms. The van der Waals surface area contributed by atoms with Crippen molar-refractivity contribution in [2.75, 3.05) is 6.61 Å². The summed E-state index contributed by atoms with van der Waals surface area (Å²) in [4.78, 5) is 19.9. The summed E-state index contributed by atoms with van der Waals surface area (Å²) in [7, 11) is 0. The molecule has 2 aromatic rings. The summed E-state index contributed by atoms with van der Waals surface area (Å²) in [5, 5.41) is 3.85. The molecule has 21 heavy (non-hydrogen) atoms. The number of nitrogens with zero attached hydrogens (tertiary/aromatic N) is 3. The minimum atomic E-state index is -0.242. The molecule has 0 atom stereocenters. The van der Waals surface area contributed by atoms with Gasteiger partial charge in [-0.3, -0.25) is 9.78 Å². The molecular formula is C15H19N3O3. The van der Waals surface area contributed by atoms with Crippen molar-refractivity contribution < 1.29 is 14.1 Å². The van der Waals surface area contributed by atoms with Crippen molar-refractivity contribution in [2.24, 2.45) is 5.92 Å². The molecule has 2 heterocycles. The first-order chi connectivity index (χ1) is 10.1. The van der Waals surface area contributed by atoms with Gasteiger partial charge in [0.25, 0.3) is 0 Å². The lowest BCUT2D eigenvalue weighted by Crippen LogP contribution is -2.08. The summed E-state index contributed by atoms with van der Waals surface area (Å²) in [6.07, 6.45) is 3.15. The van der Waals surface area contributed by atoms with Crippen molar-refractivity contribution in [1.29, 1.82) is 0 Å². The van der Waals surface area contributed by atoms with Gasteiger partial charge in [-0.1, -0.05) is 25.1 Å². The molecule has 0 N–H and O–H groups in total. The summed E-state index contributed by atoms with van der Waals surface area (Å²) in [6.45, 7) is 4.64. The Morgan fingerprint density at radius 2 is 2.24 bits per heavy atom. The van der Waals surface area contributed by atoms with E-state index in [-0.39, 0.29) is 12.4 Å². The van der Waals surface area contributed by atoms with Crippen LogP contribution in [-0.2, 0) is 16.0 Å². The highest BCUT2D eigenvalue weighted by molar-refractivity contribution is 5.69. The van der Waals surface area contributed by atoms with E-state index in [1.54, 1.807) is 12.3 Å². The van der Waals surface area contributed by atoms with Crippen LogP contribution in [0.25, 0.3) is 11.5 Å². The molecule has 0 aliphatic heterocycles. The molecule has 0 amide bonds. The van der Waals surface area contributed by atoms with Crippen LogP contribution < -0.4 is 0 Å². The summed E-state index contributed by atoms with van der Waals surface area (Å²) in [5.41, 5.74) is 0.645. The minimum Gasteiger partial charge on any atom is -0.466 e. The van der Waals surface area contributed by atoms with Crippen LogP contribution in [0.4, 0.5) is 0 Å². The van der Waals surface area contributed by atoms with E-state index in [9.17, 15) is 4.79 Å². The second kappa shape index (κ2) is 7.52. The summed E-state index contributed by atoms with van der Waals surface area (Å²) < 4.78 is 10.2. The van der Waals surface area contributed by atoms with Crippen molar-refractivity contribution in [1.82, 2.24) is 15.1 Å². The maximum atomic E-state index is 11.6. The lowest BCUT2D eigenvalue weighted by Gasteiger charge is -2.05. The van der Waals surface area contributed by atoms with Crippen LogP contribution in [-0.4, -0.2) is 27.7 Å². The second-order valence-electron chi connectivity index (χ2n) is 5.13. The topological polar surface area (TPSA) is 78.1 Å². The zero-order valence-electron chi connectivity index (χ0n) is 12.3. The van der Waals surface area contributed by atoms with E-state index in [0.717, 1.165) is 6.42 Å². The molecule has 6 heteroatoms. The van der Waals surface area contributed by atoms with E-state index in [4.69, 9.17) is 9.26 Å². The summed E-state index contributed by atoms with van der Waals surface area (Å²) in [5.74, 6) is 1.12. The molecule has 112 valence electrons. The Hall–Kier alpha value is -2.24. The number of carbonyl (C=O) groups excluding carboxylic acids is 1. The van der Waals surface area contributed by atoms with Crippen LogP contribution >= 0.6 is 0 Å². The Morgan fingerprint density at radius 1 is 1.38 bits per heavy atom. The fourth-order valence-corrected chi connectivity index (χ4v) is 1.65. The first kappa shape index (κ1) is 15.2. The maximum absolute atomic E-state index is 11.6. The first-order valence-electron chi connectivity index (χ1n) is 7.04. The third-order valence-corrected chi connectivity index (χ3v) is 2.86. The molecule has 0 aromatic carbocycles. The van der Waals surface area contributed by atoms with Gasteiger partial charge in [0.15, 0.2) is 0 Å². The fourth-order valence-electron chi connectivity index (χ4n) is 1.65.